The van der Waals surface area contributed by atoms with E-state index in [1.54, 1.807) is 4.68 Å². The predicted octanol–water partition coefficient (Wildman–Crippen LogP) is 2.54. The van der Waals surface area contributed by atoms with Crippen LogP contribution in [0.1, 0.15) is 52.4 Å². The van der Waals surface area contributed by atoms with Gasteiger partial charge in [0.1, 0.15) is 6.54 Å². The monoisotopic (exact) mass is 290 g/mol. The molecule has 0 aromatic carbocycles. The molecule has 2 N–H and O–H groups in total. The van der Waals surface area contributed by atoms with E-state index < -0.39 is 0 Å². The van der Waals surface area contributed by atoms with Gasteiger partial charge in [-0.15, -0.1) is 0 Å². The summed E-state index contributed by atoms with van der Waals surface area (Å²) in [5, 5.41) is 10.8. The highest BCUT2D eigenvalue weighted by atomic mass is 16.2. The van der Waals surface area contributed by atoms with Gasteiger partial charge in [0.05, 0.1) is 11.9 Å². The number of aromatic nitrogens is 2. The van der Waals surface area contributed by atoms with Crippen LogP contribution in [0.25, 0.3) is 0 Å². The summed E-state index contributed by atoms with van der Waals surface area (Å²) in [7, 11) is 0. The zero-order chi connectivity index (χ0) is 14.9. The molecule has 5 nitrogen and oxygen atoms in total. The van der Waals surface area contributed by atoms with Gasteiger partial charge in [0.25, 0.3) is 0 Å². The molecule has 2 aliphatic carbocycles. The minimum absolute atomic E-state index is 0.0616. The number of nitrogens with one attached hydrogen (secondary N) is 2. The Hall–Kier alpha value is -1.52. The molecule has 0 atom stereocenters. The Morgan fingerprint density at radius 2 is 2.00 bits per heavy atom. The van der Waals surface area contributed by atoms with Crippen molar-refractivity contribution in [3.8, 4) is 0 Å². The second kappa shape index (κ2) is 5.70. The van der Waals surface area contributed by atoms with E-state index in [-0.39, 0.29) is 5.91 Å². The lowest BCUT2D eigenvalue weighted by Crippen LogP contribution is -2.30. The van der Waals surface area contributed by atoms with Crippen molar-refractivity contribution in [2.45, 2.75) is 71.0 Å². The maximum absolute atomic E-state index is 11.7. The molecule has 1 aromatic rings. The van der Waals surface area contributed by atoms with Gasteiger partial charge in [-0.2, -0.15) is 5.10 Å². The molecule has 3 rings (SSSR count). The third kappa shape index (κ3) is 4.22. The van der Waals surface area contributed by atoms with Crippen LogP contribution in [0.4, 0.5) is 5.69 Å². The largest absolute Gasteiger partial charge is 0.380 e. The van der Waals surface area contributed by atoms with Crippen LogP contribution in [-0.2, 0) is 11.3 Å². The Kier molecular flexibility index (Phi) is 3.91. The molecular weight excluding hydrogens is 264 g/mol. The first-order valence-corrected chi connectivity index (χ1v) is 8.09. The SMILES string of the molecule is CC1(C)CCC(Nc2cnn(CC(=O)NC3CC3)c2)CC1. The lowest BCUT2D eigenvalue weighted by atomic mass is 9.75. The average Bonchev–Trinajstić information content (AvgIpc) is 3.11. The second-order valence-corrected chi connectivity index (χ2v) is 7.35. The van der Waals surface area contributed by atoms with Crippen LogP contribution in [0.2, 0.25) is 0 Å². The maximum Gasteiger partial charge on any atom is 0.241 e. The molecule has 116 valence electrons. The van der Waals surface area contributed by atoms with Crippen molar-refractivity contribution in [1.82, 2.24) is 15.1 Å². The van der Waals surface area contributed by atoms with Gasteiger partial charge in [0, 0.05) is 18.3 Å². The van der Waals surface area contributed by atoms with Crippen molar-refractivity contribution < 1.29 is 4.79 Å². The van der Waals surface area contributed by atoms with E-state index in [0.717, 1.165) is 18.5 Å². The quantitative estimate of drug-likeness (QED) is 0.876. The summed E-state index contributed by atoms with van der Waals surface area (Å²) in [5.41, 5.74) is 1.52. The molecule has 5 heteroatoms. The number of hydrogen-bond acceptors (Lipinski definition) is 3. The van der Waals surface area contributed by atoms with Gasteiger partial charge in [0.15, 0.2) is 0 Å². The fourth-order valence-corrected chi connectivity index (χ4v) is 2.95. The summed E-state index contributed by atoms with van der Waals surface area (Å²) >= 11 is 0. The number of nitrogens with zero attached hydrogens (tertiary/aromatic N) is 2. The smallest absolute Gasteiger partial charge is 0.241 e. The van der Waals surface area contributed by atoms with E-state index in [4.69, 9.17) is 0 Å². The molecule has 0 aliphatic heterocycles. The molecule has 0 unspecified atom stereocenters. The van der Waals surface area contributed by atoms with Crippen LogP contribution < -0.4 is 10.6 Å². The van der Waals surface area contributed by atoms with Crippen LogP contribution >= 0.6 is 0 Å². The topological polar surface area (TPSA) is 59.0 Å². The molecule has 1 aromatic heterocycles. The normalized spacial score (nSPS) is 22.0. The molecule has 1 heterocycles. The zero-order valence-electron chi connectivity index (χ0n) is 13.1. The Bertz CT molecular complexity index is 494. The Morgan fingerprint density at radius 1 is 1.29 bits per heavy atom. The predicted molar refractivity (Wildman–Crippen MR) is 83.1 cm³/mol. The zero-order valence-corrected chi connectivity index (χ0v) is 13.1. The summed E-state index contributed by atoms with van der Waals surface area (Å²) in [4.78, 5) is 11.7. The van der Waals surface area contributed by atoms with Gasteiger partial charge in [-0.25, -0.2) is 0 Å². The van der Waals surface area contributed by atoms with Gasteiger partial charge in [-0.3, -0.25) is 9.48 Å². The third-order valence-corrected chi connectivity index (χ3v) is 4.59. The minimum atomic E-state index is 0.0616. The van der Waals surface area contributed by atoms with E-state index in [1.807, 2.05) is 12.4 Å². The molecule has 0 spiro atoms. The molecular formula is C16H26N4O. The summed E-state index contributed by atoms with van der Waals surface area (Å²) in [6, 6.07) is 0.951. The molecule has 0 bridgehead atoms. The average molecular weight is 290 g/mol. The number of anilines is 1. The van der Waals surface area contributed by atoms with Crippen molar-refractivity contribution in [3.63, 3.8) is 0 Å². The fraction of sp³-hybridized carbons (Fsp3) is 0.750. The van der Waals surface area contributed by atoms with E-state index in [1.165, 1.54) is 25.7 Å². The van der Waals surface area contributed by atoms with Crippen LogP contribution in [-0.4, -0.2) is 27.8 Å². The Labute approximate surface area is 126 Å². The van der Waals surface area contributed by atoms with Gasteiger partial charge in [-0.05, 0) is 43.9 Å². The van der Waals surface area contributed by atoms with Gasteiger partial charge in [0.2, 0.25) is 5.91 Å². The third-order valence-electron chi connectivity index (χ3n) is 4.59. The van der Waals surface area contributed by atoms with Gasteiger partial charge in [-0.1, -0.05) is 13.8 Å². The maximum atomic E-state index is 11.7. The molecule has 0 saturated heterocycles. The minimum Gasteiger partial charge on any atom is -0.380 e. The summed E-state index contributed by atoms with van der Waals surface area (Å²) < 4.78 is 1.72. The van der Waals surface area contributed by atoms with Crippen molar-refractivity contribution in [2.24, 2.45) is 5.41 Å². The highest BCUT2D eigenvalue weighted by Gasteiger charge is 2.27. The first-order valence-electron chi connectivity index (χ1n) is 8.09. The molecule has 21 heavy (non-hydrogen) atoms. The van der Waals surface area contributed by atoms with Crippen molar-refractivity contribution in [1.29, 1.82) is 0 Å². The van der Waals surface area contributed by atoms with E-state index in [0.29, 0.717) is 24.0 Å². The first kappa shape index (κ1) is 14.4. The lowest BCUT2D eigenvalue weighted by molar-refractivity contribution is -0.122. The molecule has 2 aliphatic rings. The number of carbonyl (C=O) groups excluding carboxylic acids is 1. The van der Waals surface area contributed by atoms with Crippen molar-refractivity contribution >= 4 is 11.6 Å². The molecule has 1 amide bonds. The van der Waals surface area contributed by atoms with Gasteiger partial charge >= 0.3 is 0 Å². The number of amides is 1. The summed E-state index contributed by atoms with van der Waals surface area (Å²) in [5.74, 6) is 0.0616. The molecule has 2 fully saturated rings. The Morgan fingerprint density at radius 3 is 2.67 bits per heavy atom. The van der Waals surface area contributed by atoms with Gasteiger partial charge < -0.3 is 10.6 Å². The Balaban J connectivity index is 1.47. The highest BCUT2D eigenvalue weighted by Crippen LogP contribution is 2.36. The standard InChI is InChI=1S/C16H26N4O/c1-16(2)7-5-13(6-8-16)18-14-9-17-20(10-14)11-15(21)19-12-3-4-12/h9-10,12-13,18H,3-8,11H2,1-2H3,(H,19,21). The number of hydrogen-bond donors (Lipinski definition) is 2. The highest BCUT2D eigenvalue weighted by molar-refractivity contribution is 5.76. The lowest BCUT2D eigenvalue weighted by Gasteiger charge is -2.34. The van der Waals surface area contributed by atoms with E-state index >= 15 is 0 Å². The fourth-order valence-electron chi connectivity index (χ4n) is 2.95. The van der Waals surface area contributed by atoms with E-state index in [9.17, 15) is 4.79 Å². The summed E-state index contributed by atoms with van der Waals surface area (Å²) in [6.45, 7) is 5.01. The van der Waals surface area contributed by atoms with Crippen LogP contribution in [0.15, 0.2) is 12.4 Å². The van der Waals surface area contributed by atoms with Crippen LogP contribution in [0, 0.1) is 5.41 Å². The van der Waals surface area contributed by atoms with Crippen molar-refractivity contribution in [2.75, 3.05) is 5.32 Å². The number of rotatable bonds is 5. The number of carbonyl (C=O) groups is 1. The summed E-state index contributed by atoms with van der Waals surface area (Å²) in [6.07, 6.45) is 11.0. The first-order chi connectivity index (χ1) is 10.00. The van der Waals surface area contributed by atoms with Crippen LogP contribution in [0.5, 0.6) is 0 Å². The van der Waals surface area contributed by atoms with E-state index in [2.05, 4.69) is 29.6 Å². The van der Waals surface area contributed by atoms with Crippen LogP contribution in [0.3, 0.4) is 0 Å². The second-order valence-electron chi connectivity index (χ2n) is 7.35. The molecule has 2 saturated carbocycles. The molecule has 0 radical (unpaired) electrons. The van der Waals surface area contributed by atoms with Crippen molar-refractivity contribution in [3.05, 3.63) is 12.4 Å².